The van der Waals surface area contributed by atoms with Gasteiger partial charge in [0.1, 0.15) is 0 Å². The lowest BCUT2D eigenvalue weighted by molar-refractivity contribution is 0.0648. The van der Waals surface area contributed by atoms with E-state index in [1.54, 1.807) is 0 Å². The van der Waals surface area contributed by atoms with Crippen molar-refractivity contribution in [1.82, 2.24) is 9.80 Å². The Hall–Kier alpha value is 0.400. The molecule has 2 nitrogen and oxygen atoms in total. The summed E-state index contributed by atoms with van der Waals surface area (Å²) in [5.41, 5.74) is 0.580. The minimum atomic E-state index is 0.580. The lowest BCUT2D eigenvalue weighted by Gasteiger charge is -2.45. The van der Waals surface area contributed by atoms with Gasteiger partial charge in [0.25, 0.3) is 0 Å². The van der Waals surface area contributed by atoms with Gasteiger partial charge in [0.2, 0.25) is 0 Å². The molecular formula is C13H27BrN2. The van der Waals surface area contributed by atoms with Crippen LogP contribution in [0.2, 0.25) is 0 Å². The summed E-state index contributed by atoms with van der Waals surface area (Å²) >= 11 is 3.70. The Bertz CT molecular complexity index is 197. The molecule has 0 aromatic rings. The third-order valence-electron chi connectivity index (χ3n) is 3.90. The molecule has 1 aliphatic rings. The van der Waals surface area contributed by atoms with E-state index in [0.29, 0.717) is 11.5 Å². The fourth-order valence-electron chi connectivity index (χ4n) is 2.66. The van der Waals surface area contributed by atoms with E-state index in [4.69, 9.17) is 0 Å². The first-order chi connectivity index (χ1) is 7.53. The molecule has 0 radical (unpaired) electrons. The minimum absolute atomic E-state index is 0.580. The van der Waals surface area contributed by atoms with Crippen LogP contribution in [0.4, 0.5) is 0 Å². The van der Waals surface area contributed by atoms with Crippen molar-refractivity contribution in [2.75, 3.05) is 39.1 Å². The number of likely N-dealkylation sites (N-methyl/N-ethyl adjacent to an activating group) is 2. The van der Waals surface area contributed by atoms with Crippen LogP contribution in [0.15, 0.2) is 0 Å². The van der Waals surface area contributed by atoms with Gasteiger partial charge in [-0.05, 0) is 45.8 Å². The van der Waals surface area contributed by atoms with Crippen molar-refractivity contribution in [1.29, 1.82) is 0 Å². The number of nitrogens with zero attached hydrogens (tertiary/aromatic N) is 2. The van der Waals surface area contributed by atoms with Crippen molar-refractivity contribution in [2.45, 2.75) is 39.2 Å². The van der Waals surface area contributed by atoms with Gasteiger partial charge >= 0.3 is 0 Å². The standard InChI is InChI=1S/C13H27BrN2/c1-5-16(12(2)9-15(3)4)11-13(10-14)7-6-8-13/h12H,5-11H2,1-4H3. The fourth-order valence-corrected chi connectivity index (χ4v) is 3.40. The third kappa shape index (κ3) is 3.71. The van der Waals surface area contributed by atoms with E-state index < -0.39 is 0 Å². The van der Waals surface area contributed by atoms with Crippen molar-refractivity contribution < 1.29 is 0 Å². The Labute approximate surface area is 109 Å². The maximum atomic E-state index is 3.70. The van der Waals surface area contributed by atoms with Crippen LogP contribution in [0.1, 0.15) is 33.1 Å². The molecule has 96 valence electrons. The van der Waals surface area contributed by atoms with Crippen LogP contribution in [0, 0.1) is 5.41 Å². The first kappa shape index (κ1) is 14.5. The van der Waals surface area contributed by atoms with Gasteiger partial charge in [-0.3, -0.25) is 4.90 Å². The van der Waals surface area contributed by atoms with Crippen LogP contribution in [-0.2, 0) is 0 Å². The molecule has 0 amide bonds. The molecule has 0 heterocycles. The molecule has 1 fully saturated rings. The zero-order chi connectivity index (χ0) is 12.2. The van der Waals surface area contributed by atoms with Crippen molar-refractivity contribution in [3.63, 3.8) is 0 Å². The van der Waals surface area contributed by atoms with Crippen LogP contribution in [0.3, 0.4) is 0 Å². The van der Waals surface area contributed by atoms with Crippen molar-refractivity contribution in [2.24, 2.45) is 5.41 Å². The van der Waals surface area contributed by atoms with Gasteiger partial charge in [0, 0.05) is 24.5 Å². The van der Waals surface area contributed by atoms with Crippen molar-refractivity contribution in [3.8, 4) is 0 Å². The average molecular weight is 291 g/mol. The molecule has 0 saturated heterocycles. The molecule has 1 rings (SSSR count). The highest BCUT2D eigenvalue weighted by molar-refractivity contribution is 9.09. The second kappa shape index (κ2) is 6.36. The van der Waals surface area contributed by atoms with Gasteiger partial charge in [-0.25, -0.2) is 0 Å². The predicted molar refractivity (Wildman–Crippen MR) is 75.3 cm³/mol. The van der Waals surface area contributed by atoms with Gasteiger partial charge in [-0.15, -0.1) is 0 Å². The van der Waals surface area contributed by atoms with Gasteiger partial charge in [0.15, 0.2) is 0 Å². The van der Waals surface area contributed by atoms with Crippen LogP contribution < -0.4 is 0 Å². The summed E-state index contributed by atoms with van der Waals surface area (Å²) in [7, 11) is 4.32. The molecule has 0 spiro atoms. The number of hydrogen-bond donors (Lipinski definition) is 0. The van der Waals surface area contributed by atoms with Crippen LogP contribution in [-0.4, -0.2) is 54.9 Å². The highest BCUT2D eigenvalue weighted by atomic mass is 79.9. The van der Waals surface area contributed by atoms with E-state index in [-0.39, 0.29) is 0 Å². The largest absolute Gasteiger partial charge is 0.308 e. The zero-order valence-corrected chi connectivity index (χ0v) is 12.9. The Balaban J connectivity index is 2.47. The van der Waals surface area contributed by atoms with Crippen molar-refractivity contribution in [3.05, 3.63) is 0 Å². The van der Waals surface area contributed by atoms with E-state index in [1.807, 2.05) is 0 Å². The number of hydrogen-bond acceptors (Lipinski definition) is 2. The highest BCUT2D eigenvalue weighted by Crippen LogP contribution is 2.43. The maximum Gasteiger partial charge on any atom is 0.0194 e. The van der Waals surface area contributed by atoms with E-state index in [1.165, 1.54) is 37.7 Å². The molecule has 3 heteroatoms. The molecule has 0 aliphatic heterocycles. The summed E-state index contributed by atoms with van der Waals surface area (Å²) in [5.74, 6) is 0. The minimum Gasteiger partial charge on any atom is -0.308 e. The summed E-state index contributed by atoms with van der Waals surface area (Å²) in [6.45, 7) is 8.23. The third-order valence-corrected chi connectivity index (χ3v) is 5.08. The Morgan fingerprint density at radius 2 is 1.94 bits per heavy atom. The number of rotatable bonds is 7. The second-order valence-electron chi connectivity index (χ2n) is 5.66. The van der Waals surface area contributed by atoms with Crippen LogP contribution in [0.5, 0.6) is 0 Å². The monoisotopic (exact) mass is 290 g/mol. The van der Waals surface area contributed by atoms with Gasteiger partial charge < -0.3 is 4.90 Å². The highest BCUT2D eigenvalue weighted by Gasteiger charge is 2.37. The van der Waals surface area contributed by atoms with Crippen molar-refractivity contribution >= 4 is 15.9 Å². The number of halogens is 1. The van der Waals surface area contributed by atoms with E-state index in [0.717, 1.165) is 6.54 Å². The summed E-state index contributed by atoms with van der Waals surface area (Å²) in [6, 6.07) is 0.663. The van der Waals surface area contributed by atoms with E-state index >= 15 is 0 Å². The fraction of sp³-hybridized carbons (Fsp3) is 1.00. The predicted octanol–water partition coefficient (Wildman–Crippen LogP) is 2.82. The summed E-state index contributed by atoms with van der Waals surface area (Å²) in [5, 5.41) is 1.17. The van der Waals surface area contributed by atoms with Gasteiger partial charge in [-0.1, -0.05) is 29.3 Å². The molecule has 0 aromatic carbocycles. The molecule has 1 saturated carbocycles. The van der Waals surface area contributed by atoms with E-state index in [9.17, 15) is 0 Å². The topological polar surface area (TPSA) is 6.48 Å². The summed E-state index contributed by atoms with van der Waals surface area (Å²) in [4.78, 5) is 4.93. The molecule has 1 atom stereocenters. The van der Waals surface area contributed by atoms with Crippen LogP contribution in [0.25, 0.3) is 0 Å². The molecular weight excluding hydrogens is 264 g/mol. The normalized spacial score (nSPS) is 21.2. The second-order valence-corrected chi connectivity index (χ2v) is 6.22. The first-order valence-corrected chi connectivity index (χ1v) is 7.60. The maximum absolute atomic E-state index is 3.70. The zero-order valence-electron chi connectivity index (χ0n) is 11.3. The molecule has 1 unspecified atom stereocenters. The number of alkyl halides is 1. The quantitative estimate of drug-likeness (QED) is 0.666. The molecule has 0 bridgehead atoms. The molecule has 1 aliphatic carbocycles. The average Bonchev–Trinajstić information content (AvgIpc) is 2.16. The van der Waals surface area contributed by atoms with Crippen LogP contribution >= 0.6 is 15.9 Å². The lowest BCUT2D eigenvalue weighted by Crippen LogP contribution is -2.49. The van der Waals surface area contributed by atoms with Gasteiger partial charge in [-0.2, -0.15) is 0 Å². The SMILES string of the molecule is CCN(CC1(CBr)CCC1)C(C)CN(C)C. The first-order valence-electron chi connectivity index (χ1n) is 6.48. The smallest absolute Gasteiger partial charge is 0.0194 e. The van der Waals surface area contributed by atoms with E-state index in [2.05, 4.69) is 53.7 Å². The lowest BCUT2D eigenvalue weighted by atomic mass is 9.70. The summed E-state index contributed by atoms with van der Waals surface area (Å²) < 4.78 is 0. The Morgan fingerprint density at radius 1 is 1.31 bits per heavy atom. The Morgan fingerprint density at radius 3 is 2.25 bits per heavy atom. The molecule has 0 aromatic heterocycles. The Kier molecular flexibility index (Phi) is 5.75. The van der Waals surface area contributed by atoms with Gasteiger partial charge in [0.05, 0.1) is 0 Å². The molecule has 0 N–H and O–H groups in total. The molecule has 16 heavy (non-hydrogen) atoms. The summed E-state index contributed by atoms with van der Waals surface area (Å²) in [6.07, 6.45) is 4.23.